The first-order valence-electron chi connectivity index (χ1n) is 8.41. The second kappa shape index (κ2) is 7.49. The van der Waals surface area contributed by atoms with E-state index in [1.165, 1.54) is 11.3 Å². The van der Waals surface area contributed by atoms with Crippen molar-refractivity contribution < 1.29 is 14.6 Å². The lowest BCUT2D eigenvalue weighted by atomic mass is 9.75. The van der Waals surface area contributed by atoms with Gasteiger partial charge >= 0.3 is 0 Å². The summed E-state index contributed by atoms with van der Waals surface area (Å²) >= 11 is 1.36. The number of amides is 1. The normalized spacial score (nSPS) is 20.8. The summed E-state index contributed by atoms with van der Waals surface area (Å²) in [5.41, 5.74) is 1.80. The fourth-order valence-electron chi connectivity index (χ4n) is 2.95. The number of nitrogens with zero attached hydrogens (tertiary/aromatic N) is 2. The van der Waals surface area contributed by atoms with Crippen LogP contribution in [0.5, 0.6) is 5.75 Å². The van der Waals surface area contributed by atoms with Crippen LogP contribution in [-0.4, -0.2) is 34.2 Å². The van der Waals surface area contributed by atoms with Crippen LogP contribution in [0, 0.1) is 5.92 Å². The maximum atomic E-state index is 12.7. The van der Waals surface area contributed by atoms with Gasteiger partial charge in [0.1, 0.15) is 5.75 Å². The summed E-state index contributed by atoms with van der Waals surface area (Å²) < 4.78 is 5.24. The Bertz CT molecular complexity index is 741. The standard InChI is InChI=1S/C18H23N3O3S/c1-10(2)15-9-25-18(20-15)17(23)21-16(11-4-13(22)5-11)12-6-14(24-3)8-19-7-12/h6-11,13,16,22H,4-5H2,1-3H3,(H,21,23). The number of hydrogen-bond acceptors (Lipinski definition) is 6. The molecule has 0 bridgehead atoms. The Hall–Kier alpha value is -1.99. The molecule has 2 aromatic heterocycles. The third-order valence-electron chi connectivity index (χ3n) is 4.54. The predicted molar refractivity (Wildman–Crippen MR) is 95.9 cm³/mol. The minimum absolute atomic E-state index is 0.178. The quantitative estimate of drug-likeness (QED) is 0.826. The smallest absolute Gasteiger partial charge is 0.280 e. The van der Waals surface area contributed by atoms with Crippen molar-refractivity contribution in [2.24, 2.45) is 5.92 Å². The Balaban J connectivity index is 1.80. The number of nitrogens with one attached hydrogen (secondary N) is 1. The molecule has 25 heavy (non-hydrogen) atoms. The number of thiazole rings is 1. The molecule has 1 fully saturated rings. The van der Waals surface area contributed by atoms with Gasteiger partial charge in [-0.15, -0.1) is 11.3 Å². The third-order valence-corrected chi connectivity index (χ3v) is 5.40. The van der Waals surface area contributed by atoms with Crippen LogP contribution < -0.4 is 10.1 Å². The summed E-state index contributed by atoms with van der Waals surface area (Å²) in [4.78, 5) is 21.3. The number of pyridine rings is 1. The van der Waals surface area contributed by atoms with Crippen molar-refractivity contribution in [1.82, 2.24) is 15.3 Å². The molecule has 1 saturated carbocycles. The van der Waals surface area contributed by atoms with E-state index in [2.05, 4.69) is 29.1 Å². The summed E-state index contributed by atoms with van der Waals surface area (Å²) in [5.74, 6) is 0.925. The van der Waals surface area contributed by atoms with E-state index in [4.69, 9.17) is 4.74 Å². The highest BCUT2D eigenvalue weighted by atomic mass is 32.1. The molecule has 0 saturated heterocycles. The Morgan fingerprint density at radius 1 is 1.40 bits per heavy atom. The molecule has 134 valence electrons. The molecule has 2 N–H and O–H groups in total. The minimum Gasteiger partial charge on any atom is -0.495 e. The van der Waals surface area contributed by atoms with Crippen molar-refractivity contribution in [3.05, 3.63) is 40.1 Å². The average molecular weight is 361 g/mol. The second-order valence-electron chi connectivity index (χ2n) is 6.73. The van der Waals surface area contributed by atoms with Crippen molar-refractivity contribution in [2.75, 3.05) is 7.11 Å². The molecule has 2 aromatic rings. The first kappa shape index (κ1) is 17.8. The predicted octanol–water partition coefficient (Wildman–Crippen LogP) is 2.91. The molecule has 0 aromatic carbocycles. The SMILES string of the molecule is COc1cncc(C(NC(=O)c2nc(C(C)C)cs2)C2CC(O)C2)c1. The maximum absolute atomic E-state index is 12.7. The number of rotatable bonds is 6. The molecule has 1 aliphatic rings. The van der Waals surface area contributed by atoms with Gasteiger partial charge in [0.15, 0.2) is 5.01 Å². The van der Waals surface area contributed by atoms with E-state index in [9.17, 15) is 9.90 Å². The van der Waals surface area contributed by atoms with E-state index in [1.807, 2.05) is 11.4 Å². The van der Waals surface area contributed by atoms with Gasteiger partial charge in [0.25, 0.3) is 5.91 Å². The zero-order valence-electron chi connectivity index (χ0n) is 14.6. The maximum Gasteiger partial charge on any atom is 0.280 e. The molecule has 1 atom stereocenters. The van der Waals surface area contributed by atoms with Crippen molar-refractivity contribution in [3.8, 4) is 5.75 Å². The van der Waals surface area contributed by atoms with Gasteiger partial charge in [-0.3, -0.25) is 9.78 Å². The largest absolute Gasteiger partial charge is 0.495 e. The molecule has 1 amide bonds. The van der Waals surface area contributed by atoms with E-state index in [0.29, 0.717) is 23.6 Å². The highest BCUT2D eigenvalue weighted by molar-refractivity contribution is 7.11. The molecule has 0 radical (unpaired) electrons. The summed E-state index contributed by atoms with van der Waals surface area (Å²) in [6.45, 7) is 4.11. The van der Waals surface area contributed by atoms with E-state index >= 15 is 0 Å². The van der Waals surface area contributed by atoms with Crippen LogP contribution in [0.4, 0.5) is 0 Å². The van der Waals surface area contributed by atoms with Crippen molar-refractivity contribution in [2.45, 2.75) is 44.8 Å². The molecule has 1 unspecified atom stereocenters. The van der Waals surface area contributed by atoms with E-state index in [1.54, 1.807) is 19.5 Å². The van der Waals surface area contributed by atoms with Crippen LogP contribution in [0.3, 0.4) is 0 Å². The van der Waals surface area contributed by atoms with Crippen LogP contribution in [0.15, 0.2) is 23.8 Å². The molecule has 0 spiro atoms. The third kappa shape index (κ3) is 3.99. The van der Waals surface area contributed by atoms with Gasteiger partial charge in [0, 0.05) is 11.6 Å². The minimum atomic E-state index is -0.296. The van der Waals surface area contributed by atoms with Crippen molar-refractivity contribution in [3.63, 3.8) is 0 Å². The summed E-state index contributed by atoms with van der Waals surface area (Å²) in [6.07, 6.45) is 4.40. The Kier molecular flexibility index (Phi) is 5.34. The molecule has 2 heterocycles. The zero-order chi connectivity index (χ0) is 18.0. The second-order valence-corrected chi connectivity index (χ2v) is 7.58. The number of carbonyl (C=O) groups excluding carboxylic acids is 1. The van der Waals surface area contributed by atoms with Gasteiger partial charge in [0.05, 0.1) is 31.1 Å². The van der Waals surface area contributed by atoms with Crippen molar-refractivity contribution >= 4 is 17.2 Å². The lowest BCUT2D eigenvalue weighted by Crippen LogP contribution is -2.41. The van der Waals surface area contributed by atoms with Crippen LogP contribution in [0.1, 0.15) is 59.7 Å². The van der Waals surface area contributed by atoms with Crippen LogP contribution in [-0.2, 0) is 0 Å². The van der Waals surface area contributed by atoms with Crippen LogP contribution in [0.25, 0.3) is 0 Å². The van der Waals surface area contributed by atoms with Gasteiger partial charge in [-0.2, -0.15) is 0 Å². The lowest BCUT2D eigenvalue weighted by molar-refractivity contribution is 0.0234. The van der Waals surface area contributed by atoms with Crippen LogP contribution in [0.2, 0.25) is 0 Å². The van der Waals surface area contributed by atoms with Gasteiger partial charge in [-0.05, 0) is 36.3 Å². The number of aromatic nitrogens is 2. The van der Waals surface area contributed by atoms with Crippen molar-refractivity contribution in [1.29, 1.82) is 0 Å². The zero-order valence-corrected chi connectivity index (χ0v) is 15.4. The first-order chi connectivity index (χ1) is 12.0. The Morgan fingerprint density at radius 2 is 2.16 bits per heavy atom. The molecule has 1 aliphatic carbocycles. The molecule has 0 aliphatic heterocycles. The number of aliphatic hydroxyl groups is 1. The Morgan fingerprint density at radius 3 is 2.76 bits per heavy atom. The number of aliphatic hydroxyl groups excluding tert-OH is 1. The molecule has 3 rings (SSSR count). The summed E-state index contributed by atoms with van der Waals surface area (Å²) in [6, 6.07) is 1.66. The summed E-state index contributed by atoms with van der Waals surface area (Å²) in [7, 11) is 1.59. The Labute approximate surface area is 151 Å². The molecule has 6 nitrogen and oxygen atoms in total. The summed E-state index contributed by atoms with van der Waals surface area (Å²) in [5, 5.41) is 15.1. The molecular formula is C18H23N3O3S. The number of hydrogen-bond donors (Lipinski definition) is 2. The van der Waals surface area contributed by atoms with Gasteiger partial charge < -0.3 is 15.2 Å². The van der Waals surface area contributed by atoms with E-state index in [-0.39, 0.29) is 29.9 Å². The lowest BCUT2D eigenvalue weighted by Gasteiger charge is -2.38. The van der Waals surface area contributed by atoms with E-state index < -0.39 is 0 Å². The first-order valence-corrected chi connectivity index (χ1v) is 9.29. The molecular weight excluding hydrogens is 338 g/mol. The highest BCUT2D eigenvalue weighted by Gasteiger charge is 2.36. The van der Waals surface area contributed by atoms with Gasteiger partial charge in [-0.1, -0.05) is 13.8 Å². The fraction of sp³-hybridized carbons (Fsp3) is 0.500. The number of carbonyl (C=O) groups is 1. The van der Waals surface area contributed by atoms with E-state index in [0.717, 1.165) is 11.3 Å². The average Bonchev–Trinajstić information content (AvgIpc) is 3.07. The van der Waals surface area contributed by atoms with Crippen LogP contribution >= 0.6 is 11.3 Å². The highest BCUT2D eigenvalue weighted by Crippen LogP contribution is 2.38. The fourth-order valence-corrected chi connectivity index (χ4v) is 3.83. The number of ether oxygens (including phenoxy) is 1. The van der Waals surface area contributed by atoms with Gasteiger partial charge in [-0.25, -0.2) is 4.98 Å². The topological polar surface area (TPSA) is 84.3 Å². The monoisotopic (exact) mass is 361 g/mol. The van der Waals surface area contributed by atoms with Gasteiger partial charge in [0.2, 0.25) is 0 Å². The molecule has 7 heteroatoms. The number of methoxy groups -OCH3 is 1.